The Hall–Kier alpha value is -0.990. The van der Waals surface area contributed by atoms with Crippen LogP contribution in [0, 0.1) is 0 Å². The number of hydrogen-bond acceptors (Lipinski definition) is 2. The number of aromatic nitrogens is 2. The number of aryl methyl sites for hydroxylation is 2. The van der Waals surface area contributed by atoms with Gasteiger partial charge in [-0.05, 0) is 12.8 Å². The lowest BCUT2D eigenvalue weighted by Crippen LogP contribution is -2.06. The van der Waals surface area contributed by atoms with Gasteiger partial charge in [0.05, 0.1) is 12.8 Å². The van der Waals surface area contributed by atoms with E-state index in [9.17, 15) is 0 Å². The Labute approximate surface area is 101 Å². The number of hydrogen-bond donors (Lipinski definition) is 0. The summed E-state index contributed by atoms with van der Waals surface area (Å²) in [6.07, 6.45) is 4.09. The Balaban J connectivity index is 0. The fraction of sp³-hybridized carbons (Fsp3) is 0.769. The summed E-state index contributed by atoms with van der Waals surface area (Å²) in [5.41, 5.74) is 1.11. The topological polar surface area (TPSA) is 27.1 Å². The molecule has 0 fully saturated rings. The molecule has 3 heteroatoms. The lowest BCUT2D eigenvalue weighted by atomic mass is 10.2. The van der Waals surface area contributed by atoms with E-state index in [4.69, 9.17) is 4.74 Å². The van der Waals surface area contributed by atoms with Crippen molar-refractivity contribution in [2.75, 3.05) is 6.61 Å². The van der Waals surface area contributed by atoms with Gasteiger partial charge in [-0.25, -0.2) is 0 Å². The maximum Gasteiger partial charge on any atom is 0.160 e. The molecule has 1 aliphatic heterocycles. The number of ether oxygens (including phenoxy) is 1. The van der Waals surface area contributed by atoms with Crippen LogP contribution >= 0.6 is 0 Å². The van der Waals surface area contributed by atoms with Crippen LogP contribution in [0.25, 0.3) is 0 Å². The molecule has 16 heavy (non-hydrogen) atoms. The molecule has 0 amide bonds. The van der Waals surface area contributed by atoms with Crippen molar-refractivity contribution in [1.82, 2.24) is 9.78 Å². The van der Waals surface area contributed by atoms with Gasteiger partial charge in [0.25, 0.3) is 0 Å². The molecular formula is C13H28N2O. The van der Waals surface area contributed by atoms with Crippen LogP contribution in [0.4, 0.5) is 0 Å². The summed E-state index contributed by atoms with van der Waals surface area (Å²) in [4.78, 5) is 0. The van der Waals surface area contributed by atoms with Gasteiger partial charge in [-0.2, -0.15) is 5.10 Å². The Morgan fingerprint density at radius 2 is 1.69 bits per heavy atom. The molecule has 3 nitrogen and oxygen atoms in total. The van der Waals surface area contributed by atoms with E-state index >= 15 is 0 Å². The highest BCUT2D eigenvalue weighted by Gasteiger charge is 2.12. The molecule has 0 aliphatic carbocycles. The molecule has 0 saturated carbocycles. The maximum atomic E-state index is 5.36. The minimum absolute atomic E-state index is 0.846. The van der Waals surface area contributed by atoms with E-state index in [1.165, 1.54) is 0 Å². The van der Waals surface area contributed by atoms with Gasteiger partial charge in [-0.3, -0.25) is 4.68 Å². The van der Waals surface area contributed by atoms with Crippen molar-refractivity contribution in [3.63, 3.8) is 0 Å². The zero-order chi connectivity index (χ0) is 13.0. The average molecular weight is 228 g/mol. The quantitative estimate of drug-likeness (QED) is 0.675. The molecule has 0 bridgehead atoms. The van der Waals surface area contributed by atoms with Crippen LogP contribution in [0.2, 0.25) is 0 Å². The number of nitrogens with zero attached hydrogens (tertiary/aromatic N) is 2. The fourth-order valence-corrected chi connectivity index (χ4v) is 1.23. The van der Waals surface area contributed by atoms with Gasteiger partial charge in [-0.15, -0.1) is 0 Å². The largest absolute Gasteiger partial charge is 0.490 e. The molecule has 1 aliphatic rings. The molecule has 0 atom stereocenters. The Bertz CT molecular complexity index is 221. The molecule has 0 N–H and O–H groups in total. The van der Waals surface area contributed by atoms with Crippen molar-refractivity contribution < 1.29 is 4.74 Å². The summed E-state index contributed by atoms with van der Waals surface area (Å²) in [5.74, 6) is 0.966. The van der Waals surface area contributed by atoms with E-state index in [1.54, 1.807) is 4.68 Å². The summed E-state index contributed by atoms with van der Waals surface area (Å²) >= 11 is 0. The molecule has 0 spiro atoms. The van der Waals surface area contributed by atoms with Crippen molar-refractivity contribution in [3.8, 4) is 5.75 Å². The van der Waals surface area contributed by atoms with Gasteiger partial charge in [0.15, 0.2) is 5.75 Å². The van der Waals surface area contributed by atoms with Crippen LogP contribution in [-0.4, -0.2) is 16.4 Å². The fourth-order valence-electron chi connectivity index (χ4n) is 1.23. The van der Waals surface area contributed by atoms with E-state index in [1.807, 2.05) is 54.8 Å². The van der Waals surface area contributed by atoms with E-state index < -0.39 is 0 Å². The van der Waals surface area contributed by atoms with Gasteiger partial charge in [0.1, 0.15) is 5.69 Å². The normalized spacial score (nSPS) is 11.2. The molecule has 0 radical (unpaired) electrons. The minimum atomic E-state index is 0.846. The standard InChI is InChI=1S/C7H10N2O.3C2H6/c1-9-5-7-6(8-9)3-2-4-10-7;3*1-2/h5H,2-4H2,1H3;3*1-2H3. The van der Waals surface area contributed by atoms with Crippen LogP contribution < -0.4 is 4.74 Å². The highest BCUT2D eigenvalue weighted by molar-refractivity contribution is 5.25. The maximum absolute atomic E-state index is 5.36. The highest BCUT2D eigenvalue weighted by Crippen LogP contribution is 2.21. The third-order valence-electron chi connectivity index (χ3n) is 1.68. The van der Waals surface area contributed by atoms with E-state index in [-0.39, 0.29) is 0 Å². The van der Waals surface area contributed by atoms with Gasteiger partial charge in [0.2, 0.25) is 0 Å². The Morgan fingerprint density at radius 1 is 1.12 bits per heavy atom. The first kappa shape index (κ1) is 17.4. The number of fused-ring (bicyclic) bond motifs is 1. The van der Waals surface area contributed by atoms with Gasteiger partial charge < -0.3 is 4.74 Å². The van der Waals surface area contributed by atoms with Crippen molar-refractivity contribution in [3.05, 3.63) is 11.9 Å². The summed E-state index contributed by atoms with van der Waals surface area (Å²) in [6.45, 7) is 12.8. The molecule has 2 rings (SSSR count). The third kappa shape index (κ3) is 5.79. The van der Waals surface area contributed by atoms with E-state index in [0.29, 0.717) is 0 Å². The van der Waals surface area contributed by atoms with Crippen molar-refractivity contribution in [2.45, 2.75) is 54.4 Å². The van der Waals surface area contributed by atoms with Crippen LogP contribution in [0.3, 0.4) is 0 Å². The Morgan fingerprint density at radius 3 is 2.19 bits per heavy atom. The van der Waals surface area contributed by atoms with Crippen LogP contribution in [0.1, 0.15) is 53.7 Å². The Kier molecular flexibility index (Phi) is 13.1. The average Bonchev–Trinajstić information content (AvgIpc) is 2.76. The first-order valence-electron chi connectivity index (χ1n) is 6.51. The van der Waals surface area contributed by atoms with Crippen molar-refractivity contribution in [2.24, 2.45) is 7.05 Å². The first-order chi connectivity index (χ1) is 7.86. The van der Waals surface area contributed by atoms with Crippen LogP contribution in [0.5, 0.6) is 5.75 Å². The SMILES string of the molecule is CC.CC.CC.Cn1cc2c(n1)CCCO2. The van der Waals surface area contributed by atoms with Crippen molar-refractivity contribution >= 4 is 0 Å². The lowest BCUT2D eigenvalue weighted by molar-refractivity contribution is 0.288. The third-order valence-corrected chi connectivity index (χ3v) is 1.68. The summed E-state index contributed by atoms with van der Waals surface area (Å²) in [5, 5.41) is 4.24. The second-order valence-electron chi connectivity index (χ2n) is 2.57. The second kappa shape index (κ2) is 12.1. The summed E-state index contributed by atoms with van der Waals surface area (Å²) in [6, 6.07) is 0. The molecule has 1 aromatic rings. The van der Waals surface area contributed by atoms with Gasteiger partial charge in [0, 0.05) is 7.05 Å². The van der Waals surface area contributed by atoms with E-state index in [2.05, 4.69) is 5.10 Å². The lowest BCUT2D eigenvalue weighted by Gasteiger charge is -2.09. The minimum Gasteiger partial charge on any atom is -0.490 e. The molecule has 0 aromatic carbocycles. The van der Waals surface area contributed by atoms with Gasteiger partial charge in [-0.1, -0.05) is 41.5 Å². The monoisotopic (exact) mass is 228 g/mol. The first-order valence-corrected chi connectivity index (χ1v) is 6.51. The molecular weight excluding hydrogens is 200 g/mol. The predicted molar refractivity (Wildman–Crippen MR) is 71.1 cm³/mol. The summed E-state index contributed by atoms with van der Waals surface area (Å²) in [7, 11) is 1.92. The predicted octanol–water partition coefficient (Wildman–Crippen LogP) is 3.82. The van der Waals surface area contributed by atoms with Crippen LogP contribution in [-0.2, 0) is 13.5 Å². The zero-order valence-electron chi connectivity index (χ0n) is 12.0. The molecule has 0 saturated heterocycles. The molecule has 1 aromatic heterocycles. The highest BCUT2D eigenvalue weighted by atomic mass is 16.5. The second-order valence-corrected chi connectivity index (χ2v) is 2.57. The smallest absolute Gasteiger partial charge is 0.160 e. The summed E-state index contributed by atoms with van der Waals surface area (Å²) < 4.78 is 7.16. The zero-order valence-corrected chi connectivity index (χ0v) is 12.0. The van der Waals surface area contributed by atoms with E-state index in [0.717, 1.165) is 30.9 Å². The number of rotatable bonds is 0. The molecule has 0 unspecified atom stereocenters. The van der Waals surface area contributed by atoms with Gasteiger partial charge >= 0.3 is 0 Å². The molecule has 96 valence electrons. The molecule has 2 heterocycles. The van der Waals surface area contributed by atoms with Crippen LogP contribution in [0.15, 0.2) is 6.20 Å². The van der Waals surface area contributed by atoms with Crippen molar-refractivity contribution in [1.29, 1.82) is 0 Å².